The van der Waals surface area contributed by atoms with Gasteiger partial charge in [-0.05, 0) is 25.5 Å². The lowest BCUT2D eigenvalue weighted by Gasteiger charge is -2.26. The molecule has 0 spiro atoms. The molecule has 0 aromatic heterocycles. The molecular weight excluding hydrogens is 472 g/mol. The Kier molecular flexibility index (Phi) is 10.3. The zero-order valence-electron chi connectivity index (χ0n) is 16.8. The number of rotatable bonds is 10. The largest absolute Gasteiger partial charge is 0.468 e. The number of para-hydroxylation sites is 1. The van der Waals surface area contributed by atoms with Gasteiger partial charge in [0.25, 0.3) is 0 Å². The number of halogens is 7. The third-order valence-electron chi connectivity index (χ3n) is 3.91. The maximum Gasteiger partial charge on any atom is 0.400 e. The fraction of sp³-hybridized carbons (Fsp3) is 0.474. The van der Waals surface area contributed by atoms with E-state index in [1.807, 2.05) is 0 Å². The summed E-state index contributed by atoms with van der Waals surface area (Å²) in [6, 6.07) is 3.94. The topological polar surface area (TPSA) is 73.9 Å². The van der Waals surface area contributed by atoms with Gasteiger partial charge in [0.05, 0.1) is 31.4 Å². The van der Waals surface area contributed by atoms with Gasteiger partial charge in [-0.25, -0.2) is 4.79 Å². The molecular formula is C19H20ClF6NO5. The van der Waals surface area contributed by atoms with E-state index in [0.717, 1.165) is 13.2 Å². The summed E-state index contributed by atoms with van der Waals surface area (Å²) >= 11 is 5.96. The van der Waals surface area contributed by atoms with Gasteiger partial charge >= 0.3 is 24.3 Å². The smallest absolute Gasteiger partial charge is 0.400 e. The predicted molar refractivity (Wildman–Crippen MR) is 101 cm³/mol. The molecule has 0 amide bonds. The van der Waals surface area contributed by atoms with Crippen molar-refractivity contribution in [1.29, 1.82) is 0 Å². The van der Waals surface area contributed by atoms with Gasteiger partial charge in [0.2, 0.25) is 0 Å². The number of alkyl halides is 6. The molecule has 6 nitrogen and oxygen atoms in total. The average molecular weight is 492 g/mol. The van der Waals surface area contributed by atoms with Gasteiger partial charge in [-0.2, -0.15) is 26.3 Å². The van der Waals surface area contributed by atoms with E-state index in [9.17, 15) is 35.9 Å². The van der Waals surface area contributed by atoms with Crippen molar-refractivity contribution < 1.29 is 50.1 Å². The number of carbonyl (C=O) groups excluding carboxylic acids is 2. The Labute approximate surface area is 184 Å². The first kappa shape index (κ1) is 27.6. The minimum absolute atomic E-state index is 0.00817. The molecule has 1 aromatic carbocycles. The quantitative estimate of drug-likeness (QED) is 0.226. The Morgan fingerprint density at radius 1 is 1.12 bits per heavy atom. The second kappa shape index (κ2) is 12.0. The molecule has 0 radical (unpaired) electrons. The Morgan fingerprint density at radius 3 is 2.22 bits per heavy atom. The van der Waals surface area contributed by atoms with Gasteiger partial charge in [0.1, 0.15) is 17.6 Å². The lowest BCUT2D eigenvalue weighted by atomic mass is 9.98. The fourth-order valence-corrected chi connectivity index (χ4v) is 2.59. The predicted octanol–water partition coefficient (Wildman–Crippen LogP) is 4.43. The van der Waals surface area contributed by atoms with E-state index in [1.54, 1.807) is 6.07 Å². The van der Waals surface area contributed by atoms with Crippen molar-refractivity contribution >= 4 is 23.5 Å². The monoisotopic (exact) mass is 491 g/mol. The van der Waals surface area contributed by atoms with E-state index in [2.05, 4.69) is 10.1 Å². The van der Waals surface area contributed by atoms with Gasteiger partial charge in [0.15, 0.2) is 5.92 Å². The molecule has 0 saturated heterocycles. The van der Waals surface area contributed by atoms with E-state index in [4.69, 9.17) is 21.1 Å². The molecule has 0 aliphatic carbocycles. The first-order valence-electron chi connectivity index (χ1n) is 9.03. The minimum Gasteiger partial charge on any atom is -0.468 e. The number of hydrogen-bond acceptors (Lipinski definition) is 6. The molecule has 0 bridgehead atoms. The molecule has 1 aromatic rings. The van der Waals surface area contributed by atoms with E-state index in [-0.39, 0.29) is 23.1 Å². The summed E-state index contributed by atoms with van der Waals surface area (Å²) in [6.45, 7) is 0.887. The zero-order valence-corrected chi connectivity index (χ0v) is 17.6. The van der Waals surface area contributed by atoms with Crippen LogP contribution in [0, 0.1) is 5.92 Å². The third kappa shape index (κ3) is 8.95. The molecule has 1 N–H and O–H groups in total. The minimum atomic E-state index is -5.65. The first-order valence-corrected chi connectivity index (χ1v) is 9.41. The number of methoxy groups -OCH3 is 1. The van der Waals surface area contributed by atoms with Crippen molar-refractivity contribution in [2.75, 3.05) is 20.3 Å². The number of carbonyl (C=O) groups is 2. The molecule has 1 rings (SSSR count). The van der Waals surface area contributed by atoms with Crippen molar-refractivity contribution in [3.63, 3.8) is 0 Å². The molecule has 32 heavy (non-hydrogen) atoms. The van der Waals surface area contributed by atoms with Crippen LogP contribution in [-0.2, 0) is 19.1 Å². The van der Waals surface area contributed by atoms with Crippen LogP contribution < -0.4 is 10.1 Å². The van der Waals surface area contributed by atoms with Crippen LogP contribution in [0.4, 0.5) is 26.3 Å². The number of esters is 2. The fourth-order valence-electron chi connectivity index (χ4n) is 2.42. The van der Waals surface area contributed by atoms with Crippen LogP contribution in [0.3, 0.4) is 0 Å². The zero-order chi connectivity index (χ0) is 24.5. The van der Waals surface area contributed by atoms with Gasteiger partial charge in [0, 0.05) is 0 Å². The number of benzene rings is 1. The highest BCUT2D eigenvalue weighted by molar-refractivity contribution is 6.32. The second-order valence-corrected chi connectivity index (χ2v) is 6.63. The standard InChI is InChI=1S/C19H20ClF6NO5/c1-3-31-16(28)8-11(32-14-7-5-4-6-12(14)20)10-27-13(17(29)30-2)9-15(18(21,22)23)19(24,25)26/h4-8,13,15,27H,3,9-10H2,1-2H3. The summed E-state index contributed by atoms with van der Waals surface area (Å²) in [5.74, 6) is -6.27. The summed E-state index contributed by atoms with van der Waals surface area (Å²) in [5.41, 5.74) is 0. The summed E-state index contributed by atoms with van der Waals surface area (Å²) in [7, 11) is 0.808. The van der Waals surface area contributed by atoms with Crippen molar-refractivity contribution in [3.05, 3.63) is 41.1 Å². The van der Waals surface area contributed by atoms with Crippen molar-refractivity contribution in [3.8, 4) is 5.75 Å². The lowest BCUT2D eigenvalue weighted by molar-refractivity contribution is -0.286. The molecule has 0 aliphatic rings. The molecule has 0 fully saturated rings. The summed E-state index contributed by atoms with van der Waals surface area (Å²) in [6.07, 6.45) is -12.2. The summed E-state index contributed by atoms with van der Waals surface area (Å²) in [4.78, 5) is 23.6. The molecule has 0 heterocycles. The normalized spacial score (nSPS) is 13.6. The molecule has 1 atom stereocenters. The molecule has 1 unspecified atom stereocenters. The highest BCUT2D eigenvalue weighted by atomic mass is 35.5. The van der Waals surface area contributed by atoms with Crippen LogP contribution in [0.1, 0.15) is 13.3 Å². The Balaban J connectivity index is 3.13. The molecule has 180 valence electrons. The van der Waals surface area contributed by atoms with Gasteiger partial charge < -0.3 is 14.2 Å². The van der Waals surface area contributed by atoms with Gasteiger partial charge in [-0.1, -0.05) is 23.7 Å². The lowest BCUT2D eigenvalue weighted by Crippen LogP contribution is -2.46. The van der Waals surface area contributed by atoms with Crippen LogP contribution in [-0.4, -0.2) is 50.6 Å². The number of hydrogen-bond donors (Lipinski definition) is 1. The number of ether oxygens (including phenoxy) is 3. The summed E-state index contributed by atoms with van der Waals surface area (Å²) < 4.78 is 92.0. The Bertz CT molecular complexity index is 798. The van der Waals surface area contributed by atoms with Gasteiger partial charge in [-0.3, -0.25) is 10.1 Å². The maximum atomic E-state index is 12.9. The average Bonchev–Trinajstić information content (AvgIpc) is 2.67. The number of nitrogens with one attached hydrogen (secondary N) is 1. The van der Waals surface area contributed by atoms with Crippen LogP contribution >= 0.6 is 11.6 Å². The third-order valence-corrected chi connectivity index (χ3v) is 4.23. The van der Waals surface area contributed by atoms with E-state index in [1.165, 1.54) is 25.1 Å². The molecule has 0 aliphatic heterocycles. The SMILES string of the molecule is CCOC(=O)C=C(CNC(CC(C(F)(F)F)C(F)(F)F)C(=O)OC)Oc1ccccc1Cl. The van der Waals surface area contributed by atoms with E-state index >= 15 is 0 Å². The van der Waals surface area contributed by atoms with Crippen molar-refractivity contribution in [2.24, 2.45) is 5.92 Å². The van der Waals surface area contributed by atoms with Crippen molar-refractivity contribution in [2.45, 2.75) is 31.7 Å². The van der Waals surface area contributed by atoms with Gasteiger partial charge in [-0.15, -0.1) is 0 Å². The van der Waals surface area contributed by atoms with Crippen molar-refractivity contribution in [1.82, 2.24) is 5.32 Å². The second-order valence-electron chi connectivity index (χ2n) is 6.22. The maximum absolute atomic E-state index is 12.9. The molecule has 13 heteroatoms. The van der Waals surface area contributed by atoms with E-state index < -0.39 is 49.2 Å². The van der Waals surface area contributed by atoms with Crippen LogP contribution in [0.25, 0.3) is 0 Å². The highest BCUT2D eigenvalue weighted by Gasteiger charge is 2.57. The highest BCUT2D eigenvalue weighted by Crippen LogP contribution is 2.42. The first-order chi connectivity index (χ1) is 14.8. The summed E-state index contributed by atoms with van der Waals surface area (Å²) in [5, 5.41) is 2.33. The molecule has 0 saturated carbocycles. The van der Waals surface area contributed by atoms with Crippen LogP contribution in [0.2, 0.25) is 5.02 Å². The Morgan fingerprint density at radius 2 is 1.72 bits per heavy atom. The van der Waals surface area contributed by atoms with Crippen LogP contribution in [0.15, 0.2) is 36.1 Å². The Hall–Kier alpha value is -2.47. The van der Waals surface area contributed by atoms with E-state index in [0.29, 0.717) is 0 Å². The van der Waals surface area contributed by atoms with Crippen LogP contribution in [0.5, 0.6) is 5.75 Å².